The van der Waals surface area contributed by atoms with E-state index in [1.165, 1.54) is 0 Å². The largest absolute Gasteiger partial charge is 0.496 e. The minimum atomic E-state index is -1.04. The fraction of sp³-hybridized carbons (Fsp3) is 0.256. The number of nitrogens with zero attached hydrogens (tertiary/aromatic N) is 9. The highest BCUT2D eigenvalue weighted by atomic mass is 32.1. The molecule has 0 atom stereocenters. The number of carboxylic acid groups (broad SMARTS) is 1. The predicted molar refractivity (Wildman–Crippen MR) is 241 cm³/mol. The number of hydrogen-bond acceptors (Lipinski definition) is 16. The Morgan fingerprint density at radius 3 is 1.59 bits per heavy atom. The molecule has 2 aromatic carbocycles. The molecule has 0 aliphatic carbocycles. The number of aromatic nitrogens is 8. The van der Waals surface area contributed by atoms with Crippen molar-refractivity contribution in [3.8, 4) is 45.3 Å². The smallest absolute Gasteiger partial charge is 0.341 e. The highest BCUT2D eigenvalue weighted by molar-refractivity contribution is 7.20. The van der Waals surface area contributed by atoms with Crippen LogP contribution >= 0.6 is 22.7 Å². The van der Waals surface area contributed by atoms with Crippen molar-refractivity contribution in [1.29, 1.82) is 0 Å². The van der Waals surface area contributed by atoms with Crippen molar-refractivity contribution < 1.29 is 33.6 Å². The molecule has 1 aliphatic rings. The van der Waals surface area contributed by atoms with Gasteiger partial charge in [0.2, 0.25) is 11.9 Å². The average molecular weight is 890 g/mol. The molecular weight excluding hydrogens is 847 g/mol. The average Bonchev–Trinajstić information content (AvgIpc) is 4.02. The molecule has 1 aliphatic heterocycles. The van der Waals surface area contributed by atoms with Crippen LogP contribution in [-0.4, -0.2) is 102 Å². The summed E-state index contributed by atoms with van der Waals surface area (Å²) in [4.78, 5) is 45.2. The van der Waals surface area contributed by atoms with Gasteiger partial charge in [0.05, 0.1) is 70.8 Å². The predicted octanol–water partition coefficient (Wildman–Crippen LogP) is 7.38. The van der Waals surface area contributed by atoms with Crippen LogP contribution < -0.4 is 29.6 Å². The molecule has 0 radical (unpaired) electrons. The molecule has 9 rings (SSSR count). The molecule has 1 fully saturated rings. The van der Waals surface area contributed by atoms with E-state index in [2.05, 4.69) is 37.7 Å². The van der Waals surface area contributed by atoms with Gasteiger partial charge in [0.25, 0.3) is 5.91 Å². The second-order valence-electron chi connectivity index (χ2n) is 14.4. The summed E-state index contributed by atoms with van der Waals surface area (Å²) < 4.78 is 27.6. The number of likely N-dealkylation sites (tertiary alicyclic amines) is 1. The van der Waals surface area contributed by atoms with E-state index in [1.54, 1.807) is 81.9 Å². The van der Waals surface area contributed by atoms with Crippen molar-refractivity contribution in [3.63, 3.8) is 0 Å². The number of methoxy groups -OCH3 is 2. The standard InChI is InChI=1S/C23H24N6O3S.C20H19N5O4S/c1-14-21(22-19(33-14)11-24-23(27-22)26-15-10-25-28(2)12-15)17-6-5-16(9-18(17)31-3)32-13-20(30)29-7-4-8-29;1-11-18(14-5-4-13(6-15(14)28-3)29-10-17(26)27)19-16(30-11)8-21-20(24-19)23-12-7-22-25(2)9-12/h5-6,9-12H,4,7-8,13H2,1-3H3,(H,24,26,27);4-9H,10H2,1-3H3,(H,26,27)(H,21,23,24). The van der Waals surface area contributed by atoms with Crippen LogP contribution in [0.25, 0.3) is 42.7 Å². The van der Waals surface area contributed by atoms with Crippen LogP contribution in [0.5, 0.6) is 23.0 Å². The zero-order valence-electron chi connectivity index (χ0n) is 35.2. The quantitative estimate of drug-likeness (QED) is 0.0974. The Morgan fingerprint density at radius 2 is 1.19 bits per heavy atom. The number of hydrogen-bond donors (Lipinski definition) is 3. The number of ether oxygens (including phenoxy) is 4. The van der Waals surface area contributed by atoms with Crippen molar-refractivity contribution >= 4 is 78.3 Å². The summed E-state index contributed by atoms with van der Waals surface area (Å²) in [5, 5.41) is 23.5. The number of aryl methyl sites for hydroxylation is 4. The summed E-state index contributed by atoms with van der Waals surface area (Å²) in [6, 6.07) is 10.9. The van der Waals surface area contributed by atoms with E-state index in [-0.39, 0.29) is 12.5 Å². The van der Waals surface area contributed by atoms with Gasteiger partial charge in [-0.2, -0.15) is 10.2 Å². The van der Waals surface area contributed by atoms with Crippen molar-refractivity contribution in [2.75, 3.05) is 51.2 Å². The number of carboxylic acids is 1. The third-order valence-electron chi connectivity index (χ3n) is 9.95. The maximum Gasteiger partial charge on any atom is 0.341 e. The molecule has 8 aromatic rings. The number of anilines is 4. The molecule has 0 saturated carbocycles. The number of rotatable bonds is 14. The van der Waals surface area contributed by atoms with Crippen molar-refractivity contribution in [1.82, 2.24) is 44.4 Å². The van der Waals surface area contributed by atoms with Crippen molar-refractivity contribution in [2.24, 2.45) is 14.1 Å². The number of thiophene rings is 2. The summed E-state index contributed by atoms with van der Waals surface area (Å²) in [6.07, 6.45) is 11.8. The Bertz CT molecular complexity index is 2960. The van der Waals surface area contributed by atoms with E-state index >= 15 is 0 Å². The van der Waals surface area contributed by atoms with Gasteiger partial charge in [-0.15, -0.1) is 22.7 Å². The summed E-state index contributed by atoms with van der Waals surface area (Å²) in [5.74, 6) is 2.18. The number of benzene rings is 2. The molecule has 0 spiro atoms. The molecule has 1 amide bonds. The van der Waals surface area contributed by atoms with Gasteiger partial charge < -0.3 is 39.6 Å². The molecule has 3 N–H and O–H groups in total. The number of nitrogens with one attached hydrogen (secondary N) is 2. The van der Waals surface area contributed by atoms with E-state index in [1.807, 2.05) is 63.9 Å². The summed E-state index contributed by atoms with van der Waals surface area (Å²) in [6.45, 7) is 5.32. The first kappa shape index (κ1) is 42.4. The first-order valence-electron chi connectivity index (χ1n) is 19.6. The second-order valence-corrected chi connectivity index (χ2v) is 16.9. The van der Waals surface area contributed by atoms with Crippen LogP contribution in [-0.2, 0) is 23.7 Å². The lowest BCUT2D eigenvalue weighted by Crippen LogP contribution is -2.44. The normalized spacial score (nSPS) is 12.1. The third-order valence-corrected chi connectivity index (χ3v) is 12.0. The molecule has 6 aromatic heterocycles. The van der Waals surface area contributed by atoms with E-state index in [0.717, 1.165) is 83.3 Å². The third kappa shape index (κ3) is 9.46. The lowest BCUT2D eigenvalue weighted by Gasteiger charge is -2.30. The Kier molecular flexibility index (Phi) is 12.3. The molecule has 63 heavy (non-hydrogen) atoms. The van der Waals surface area contributed by atoms with Gasteiger partial charge in [-0.1, -0.05) is 0 Å². The van der Waals surface area contributed by atoms with Crippen LogP contribution in [0.4, 0.5) is 23.3 Å². The van der Waals surface area contributed by atoms with Crippen LogP contribution in [0.3, 0.4) is 0 Å². The second kappa shape index (κ2) is 18.3. The summed E-state index contributed by atoms with van der Waals surface area (Å²) in [5.41, 5.74) is 6.94. The SMILES string of the molecule is COc1cc(OCC(=O)N2CCC2)ccc1-c1c(C)sc2cnc(Nc3cnn(C)c3)nc12.COc1cc(OCC(=O)O)ccc1-c1c(C)sc2cnc(Nc3cnn(C)c3)nc12. The molecule has 0 unspecified atom stereocenters. The molecule has 20 heteroatoms. The molecule has 7 heterocycles. The molecule has 324 valence electrons. The highest BCUT2D eigenvalue weighted by Crippen LogP contribution is 2.44. The van der Waals surface area contributed by atoms with Gasteiger partial charge in [0.1, 0.15) is 23.0 Å². The van der Waals surface area contributed by atoms with E-state index in [4.69, 9.17) is 34.0 Å². The van der Waals surface area contributed by atoms with Crippen LogP contribution in [0.2, 0.25) is 0 Å². The van der Waals surface area contributed by atoms with E-state index in [9.17, 15) is 9.59 Å². The zero-order valence-corrected chi connectivity index (χ0v) is 36.8. The Hall–Kier alpha value is -7.32. The fourth-order valence-corrected chi connectivity index (χ4v) is 8.86. The zero-order chi connectivity index (χ0) is 44.2. The highest BCUT2D eigenvalue weighted by Gasteiger charge is 2.22. The topological polar surface area (TPSA) is 206 Å². The van der Waals surface area contributed by atoms with Crippen LogP contribution in [0.1, 0.15) is 16.2 Å². The van der Waals surface area contributed by atoms with Gasteiger partial charge >= 0.3 is 5.97 Å². The lowest BCUT2D eigenvalue weighted by molar-refractivity contribution is -0.139. The molecule has 18 nitrogen and oxygen atoms in total. The number of amides is 1. The molecular formula is C43H43N11O7S2. The Morgan fingerprint density at radius 1 is 0.714 bits per heavy atom. The minimum Gasteiger partial charge on any atom is -0.496 e. The van der Waals surface area contributed by atoms with Gasteiger partial charge in [0, 0.05) is 83.7 Å². The van der Waals surface area contributed by atoms with E-state index in [0.29, 0.717) is 34.9 Å². The van der Waals surface area contributed by atoms with Gasteiger partial charge in [-0.3, -0.25) is 14.2 Å². The lowest BCUT2D eigenvalue weighted by atomic mass is 10.0. The maximum absolute atomic E-state index is 12.1. The number of aliphatic carboxylic acids is 1. The van der Waals surface area contributed by atoms with Crippen molar-refractivity contribution in [2.45, 2.75) is 20.3 Å². The maximum atomic E-state index is 12.1. The first-order chi connectivity index (χ1) is 30.5. The van der Waals surface area contributed by atoms with E-state index < -0.39 is 12.6 Å². The van der Waals surface area contributed by atoms with Crippen molar-refractivity contribution in [3.05, 3.63) is 83.3 Å². The minimum absolute atomic E-state index is 0.00862. The number of fused-ring (bicyclic) bond motifs is 2. The van der Waals surface area contributed by atoms with Gasteiger partial charge in [-0.25, -0.2) is 24.7 Å². The number of carbonyl (C=O) groups is 2. The number of carbonyl (C=O) groups excluding carboxylic acids is 1. The van der Waals surface area contributed by atoms with Gasteiger partial charge in [0.15, 0.2) is 13.2 Å². The first-order valence-corrected chi connectivity index (χ1v) is 21.2. The van der Waals surface area contributed by atoms with Gasteiger partial charge in [-0.05, 0) is 44.5 Å². The molecule has 0 bridgehead atoms. The summed E-state index contributed by atoms with van der Waals surface area (Å²) >= 11 is 3.23. The Balaban J connectivity index is 0.000000174. The monoisotopic (exact) mass is 889 g/mol. The molecule has 1 saturated heterocycles. The van der Waals surface area contributed by atoms with Crippen LogP contribution in [0.15, 0.2) is 73.6 Å². The van der Waals surface area contributed by atoms with Crippen LogP contribution in [0, 0.1) is 13.8 Å². The summed E-state index contributed by atoms with van der Waals surface area (Å²) in [7, 11) is 6.89. The fourth-order valence-electron chi connectivity index (χ4n) is 6.88. The Labute approximate surface area is 369 Å².